The van der Waals surface area contributed by atoms with Crippen LogP contribution in [0.1, 0.15) is 25.3 Å². The fourth-order valence-corrected chi connectivity index (χ4v) is 2.62. The number of rotatable bonds is 6. The summed E-state index contributed by atoms with van der Waals surface area (Å²) in [6.07, 6.45) is 1.49. The van der Waals surface area contributed by atoms with E-state index in [1.807, 2.05) is 18.2 Å². The molecule has 1 aromatic heterocycles. The second-order valence-corrected chi connectivity index (χ2v) is 7.57. The highest BCUT2D eigenvalue weighted by Gasteiger charge is 2.13. The van der Waals surface area contributed by atoms with Gasteiger partial charge in [-0.3, -0.25) is 4.72 Å². The Bertz CT molecular complexity index is 756. The smallest absolute Gasteiger partial charge is 0.301 e. The van der Waals surface area contributed by atoms with Crippen molar-refractivity contribution >= 4 is 27.4 Å². The molecule has 0 amide bonds. The maximum absolute atomic E-state index is 11.8. The van der Waals surface area contributed by atoms with Crippen LogP contribution < -0.4 is 10.0 Å². The molecule has 23 heavy (non-hydrogen) atoms. The van der Waals surface area contributed by atoms with E-state index in [1.54, 1.807) is 12.1 Å². The molecule has 0 fully saturated rings. The van der Waals surface area contributed by atoms with E-state index in [1.165, 1.54) is 25.9 Å². The highest BCUT2D eigenvalue weighted by atomic mass is 32.2. The first-order valence-electron chi connectivity index (χ1n) is 7.32. The van der Waals surface area contributed by atoms with Crippen LogP contribution in [-0.4, -0.2) is 31.8 Å². The van der Waals surface area contributed by atoms with Crippen LogP contribution in [0.3, 0.4) is 0 Å². The van der Waals surface area contributed by atoms with Crippen molar-refractivity contribution in [2.45, 2.75) is 19.8 Å². The van der Waals surface area contributed by atoms with Crippen LogP contribution >= 0.6 is 0 Å². The van der Waals surface area contributed by atoms with Gasteiger partial charge in [-0.2, -0.15) is 12.7 Å². The quantitative estimate of drug-likeness (QED) is 0.851. The molecule has 0 saturated carbocycles. The van der Waals surface area contributed by atoms with Crippen LogP contribution in [0, 0.1) is 0 Å². The average molecular weight is 334 g/mol. The second kappa shape index (κ2) is 6.97. The zero-order valence-electron chi connectivity index (χ0n) is 13.7. The minimum atomic E-state index is -3.52. The van der Waals surface area contributed by atoms with E-state index in [0.29, 0.717) is 17.4 Å². The van der Waals surface area contributed by atoms with Crippen LogP contribution in [0.2, 0.25) is 0 Å². The summed E-state index contributed by atoms with van der Waals surface area (Å²) in [5, 5.41) is 3.27. The molecule has 0 aliphatic heterocycles. The third-order valence-electron chi connectivity index (χ3n) is 3.34. The zero-order valence-corrected chi connectivity index (χ0v) is 14.6. The molecular weight excluding hydrogens is 312 g/mol. The topological polar surface area (TPSA) is 74.3 Å². The SMILES string of the molecule is CC(C)c1ccccc1Nc1ccc(NS(=O)(=O)N(C)C)cn1. The van der Waals surface area contributed by atoms with Gasteiger partial charge in [-0.15, -0.1) is 0 Å². The maximum atomic E-state index is 11.8. The Hall–Kier alpha value is -2.12. The Kier molecular flexibility index (Phi) is 5.23. The van der Waals surface area contributed by atoms with E-state index in [4.69, 9.17) is 0 Å². The van der Waals surface area contributed by atoms with Crippen molar-refractivity contribution in [3.63, 3.8) is 0 Å². The number of aromatic nitrogens is 1. The molecule has 7 heteroatoms. The van der Waals surface area contributed by atoms with Gasteiger partial charge in [0, 0.05) is 19.8 Å². The van der Waals surface area contributed by atoms with Crippen molar-refractivity contribution in [3.8, 4) is 0 Å². The van der Waals surface area contributed by atoms with E-state index in [-0.39, 0.29) is 0 Å². The zero-order chi connectivity index (χ0) is 17.0. The lowest BCUT2D eigenvalue weighted by atomic mass is 10.0. The molecule has 6 nitrogen and oxygen atoms in total. The molecule has 1 aromatic carbocycles. The Balaban J connectivity index is 2.15. The van der Waals surface area contributed by atoms with Crippen LogP contribution in [0.25, 0.3) is 0 Å². The lowest BCUT2D eigenvalue weighted by Gasteiger charge is -2.15. The van der Waals surface area contributed by atoms with Gasteiger partial charge in [-0.25, -0.2) is 4.98 Å². The number of para-hydroxylation sites is 1. The van der Waals surface area contributed by atoms with Crippen molar-refractivity contribution in [2.75, 3.05) is 24.1 Å². The minimum absolute atomic E-state index is 0.393. The van der Waals surface area contributed by atoms with Gasteiger partial charge in [-0.05, 0) is 29.7 Å². The summed E-state index contributed by atoms with van der Waals surface area (Å²) in [6.45, 7) is 4.26. The Morgan fingerprint density at radius 1 is 1.09 bits per heavy atom. The summed E-state index contributed by atoms with van der Waals surface area (Å²) in [5.74, 6) is 1.05. The molecule has 2 aromatic rings. The van der Waals surface area contributed by atoms with E-state index in [2.05, 4.69) is 34.9 Å². The predicted octanol–water partition coefficient (Wildman–Crippen LogP) is 3.17. The van der Waals surface area contributed by atoms with Gasteiger partial charge in [-0.1, -0.05) is 32.0 Å². The molecule has 0 aliphatic carbocycles. The van der Waals surface area contributed by atoms with Gasteiger partial charge in [0.15, 0.2) is 0 Å². The lowest BCUT2D eigenvalue weighted by molar-refractivity contribution is 0.527. The van der Waals surface area contributed by atoms with Crippen molar-refractivity contribution in [2.24, 2.45) is 0 Å². The van der Waals surface area contributed by atoms with Crippen LogP contribution in [-0.2, 0) is 10.2 Å². The summed E-state index contributed by atoms with van der Waals surface area (Å²) in [7, 11) is -0.584. The van der Waals surface area contributed by atoms with Gasteiger partial charge < -0.3 is 5.32 Å². The Labute approximate surface area is 137 Å². The Morgan fingerprint density at radius 3 is 2.35 bits per heavy atom. The standard InChI is InChI=1S/C16H22N4O2S/c1-12(2)14-7-5-6-8-15(14)18-16-10-9-13(11-17-16)19-23(21,22)20(3)4/h5-12,19H,1-4H3,(H,17,18). The summed E-state index contributed by atoms with van der Waals surface area (Å²) in [6, 6.07) is 11.5. The molecule has 0 radical (unpaired) electrons. The van der Waals surface area contributed by atoms with Gasteiger partial charge in [0.1, 0.15) is 5.82 Å². The van der Waals surface area contributed by atoms with Crippen molar-refractivity contribution in [3.05, 3.63) is 48.2 Å². The molecule has 0 saturated heterocycles. The number of hydrogen-bond donors (Lipinski definition) is 2. The lowest BCUT2D eigenvalue weighted by Crippen LogP contribution is -2.28. The second-order valence-electron chi connectivity index (χ2n) is 5.69. The van der Waals surface area contributed by atoms with Gasteiger partial charge in [0.25, 0.3) is 0 Å². The van der Waals surface area contributed by atoms with Crippen molar-refractivity contribution in [1.82, 2.24) is 9.29 Å². The molecule has 0 aliphatic rings. The highest BCUT2D eigenvalue weighted by molar-refractivity contribution is 7.90. The molecule has 1 heterocycles. The molecule has 0 unspecified atom stereocenters. The van der Waals surface area contributed by atoms with E-state index >= 15 is 0 Å². The molecule has 0 spiro atoms. The molecule has 0 atom stereocenters. The average Bonchev–Trinajstić information content (AvgIpc) is 2.49. The highest BCUT2D eigenvalue weighted by Crippen LogP contribution is 2.26. The fraction of sp³-hybridized carbons (Fsp3) is 0.312. The number of pyridine rings is 1. The third kappa shape index (κ3) is 4.43. The van der Waals surface area contributed by atoms with Crippen LogP contribution in [0.5, 0.6) is 0 Å². The fourth-order valence-electron chi connectivity index (χ4n) is 2.02. The molecule has 2 N–H and O–H groups in total. The monoisotopic (exact) mass is 334 g/mol. The molecule has 0 bridgehead atoms. The van der Waals surface area contributed by atoms with E-state index in [9.17, 15) is 8.42 Å². The van der Waals surface area contributed by atoms with Crippen molar-refractivity contribution in [1.29, 1.82) is 0 Å². The first kappa shape index (κ1) is 17.2. The molecule has 124 valence electrons. The van der Waals surface area contributed by atoms with Crippen LogP contribution in [0.15, 0.2) is 42.6 Å². The molecule has 2 rings (SSSR count). The van der Waals surface area contributed by atoms with Gasteiger partial charge in [0.05, 0.1) is 11.9 Å². The summed E-state index contributed by atoms with van der Waals surface area (Å²) in [5.41, 5.74) is 2.62. The predicted molar refractivity (Wildman–Crippen MR) is 94.3 cm³/mol. The third-order valence-corrected chi connectivity index (χ3v) is 4.79. The summed E-state index contributed by atoms with van der Waals surface area (Å²) < 4.78 is 27.1. The van der Waals surface area contributed by atoms with E-state index in [0.717, 1.165) is 9.99 Å². The summed E-state index contributed by atoms with van der Waals surface area (Å²) in [4.78, 5) is 4.26. The normalized spacial score (nSPS) is 11.7. The number of nitrogens with zero attached hydrogens (tertiary/aromatic N) is 2. The van der Waals surface area contributed by atoms with Crippen molar-refractivity contribution < 1.29 is 8.42 Å². The number of anilines is 3. The summed E-state index contributed by atoms with van der Waals surface area (Å²) >= 11 is 0. The first-order valence-corrected chi connectivity index (χ1v) is 8.76. The first-order chi connectivity index (χ1) is 10.8. The van der Waals surface area contributed by atoms with Gasteiger partial charge >= 0.3 is 10.2 Å². The Morgan fingerprint density at radius 2 is 1.78 bits per heavy atom. The van der Waals surface area contributed by atoms with E-state index < -0.39 is 10.2 Å². The number of nitrogens with one attached hydrogen (secondary N) is 2. The van der Waals surface area contributed by atoms with Crippen LogP contribution in [0.4, 0.5) is 17.2 Å². The molecular formula is C16H22N4O2S. The number of benzene rings is 1. The minimum Gasteiger partial charge on any atom is -0.340 e. The maximum Gasteiger partial charge on any atom is 0.301 e. The van der Waals surface area contributed by atoms with Gasteiger partial charge in [0.2, 0.25) is 0 Å². The number of hydrogen-bond acceptors (Lipinski definition) is 4. The largest absolute Gasteiger partial charge is 0.340 e.